The molecule has 2 aromatic heterocycles. The van der Waals surface area contributed by atoms with E-state index in [2.05, 4.69) is 20.0 Å². The number of alkyl halides is 2. The summed E-state index contributed by atoms with van der Waals surface area (Å²) in [4.78, 5) is 18.8. The lowest BCUT2D eigenvalue weighted by atomic mass is 10.0. The largest absolute Gasteiger partial charge is 0.465 e. The first-order chi connectivity index (χ1) is 13.9. The molecule has 0 aliphatic carbocycles. The molecule has 0 saturated carbocycles. The lowest BCUT2D eigenvalue weighted by Crippen LogP contribution is -2.20. The molecule has 3 aromatic rings. The summed E-state index contributed by atoms with van der Waals surface area (Å²) in [5, 5.41) is 11.4. The van der Waals surface area contributed by atoms with E-state index < -0.39 is 12.7 Å². The van der Waals surface area contributed by atoms with Crippen LogP contribution in [0.1, 0.15) is 16.7 Å². The smallest absolute Gasteiger partial charge is 0.404 e. The monoisotopic (exact) mass is 419 g/mol. The fourth-order valence-corrected chi connectivity index (χ4v) is 2.97. The van der Waals surface area contributed by atoms with E-state index in [0.717, 1.165) is 11.1 Å². The maximum absolute atomic E-state index is 12.8. The van der Waals surface area contributed by atoms with Gasteiger partial charge in [0.1, 0.15) is 0 Å². The van der Waals surface area contributed by atoms with Crippen LogP contribution in [0.3, 0.4) is 0 Å². The number of carboxylic acid groups (broad SMARTS) is 1. The molecular weight excluding hydrogens is 404 g/mol. The Kier molecular flexibility index (Phi) is 6.56. The van der Waals surface area contributed by atoms with Gasteiger partial charge in [0.15, 0.2) is 0 Å². The van der Waals surface area contributed by atoms with E-state index in [1.165, 1.54) is 6.20 Å². The molecule has 2 N–H and O–H groups in total. The fourth-order valence-electron chi connectivity index (χ4n) is 2.78. The van der Waals surface area contributed by atoms with Gasteiger partial charge in [0, 0.05) is 42.1 Å². The molecule has 150 valence electrons. The Hall–Kier alpha value is -3.26. The minimum Gasteiger partial charge on any atom is -0.465 e. The van der Waals surface area contributed by atoms with E-state index in [0.29, 0.717) is 28.1 Å². The van der Waals surface area contributed by atoms with Crippen molar-refractivity contribution in [2.45, 2.75) is 19.6 Å². The Balaban J connectivity index is 1.90. The molecule has 6 nitrogen and oxygen atoms in total. The van der Waals surface area contributed by atoms with Crippen LogP contribution in [0.4, 0.5) is 13.6 Å². The second-order valence-corrected chi connectivity index (χ2v) is 6.56. The van der Waals surface area contributed by atoms with E-state index in [1.807, 2.05) is 6.07 Å². The minimum atomic E-state index is -3.01. The summed E-state index contributed by atoms with van der Waals surface area (Å²) >= 11 is 6.03. The Labute approximate surface area is 170 Å². The van der Waals surface area contributed by atoms with Gasteiger partial charge in [-0.3, -0.25) is 4.98 Å². The molecule has 9 heteroatoms. The summed E-state index contributed by atoms with van der Waals surface area (Å²) in [7, 11) is 0. The van der Waals surface area contributed by atoms with Crippen LogP contribution in [0.25, 0.3) is 11.1 Å². The number of hydrogen-bond donors (Lipinski definition) is 2. The number of nitrogens with zero attached hydrogens (tertiary/aromatic N) is 2. The van der Waals surface area contributed by atoms with Gasteiger partial charge < -0.3 is 15.2 Å². The standard InChI is InChI=1S/C20H16ClF2N3O3/c21-16-3-1-2-15(7-16)17-6-13(10-25-18(17)29-19(22)23)4-12-5-14(9-24-8-12)11-26-20(27)28/h1-3,5-10,19,26H,4,11H2,(H,27,28). The van der Waals surface area contributed by atoms with Gasteiger partial charge in [-0.2, -0.15) is 8.78 Å². The highest BCUT2D eigenvalue weighted by Crippen LogP contribution is 2.32. The predicted octanol–water partition coefficient (Wildman–Crippen LogP) is 4.76. The highest BCUT2D eigenvalue weighted by molar-refractivity contribution is 6.30. The van der Waals surface area contributed by atoms with Gasteiger partial charge in [-0.1, -0.05) is 29.8 Å². The van der Waals surface area contributed by atoms with Crippen molar-refractivity contribution in [3.63, 3.8) is 0 Å². The second-order valence-electron chi connectivity index (χ2n) is 6.12. The van der Waals surface area contributed by atoms with Crippen molar-refractivity contribution in [3.05, 3.63) is 76.7 Å². The number of aromatic nitrogens is 2. The van der Waals surface area contributed by atoms with E-state index in [1.54, 1.807) is 42.7 Å². The number of carbonyl (C=O) groups is 1. The molecule has 2 heterocycles. The maximum atomic E-state index is 12.8. The predicted molar refractivity (Wildman–Crippen MR) is 103 cm³/mol. The number of hydrogen-bond acceptors (Lipinski definition) is 4. The third kappa shape index (κ3) is 5.86. The first-order valence-corrected chi connectivity index (χ1v) is 8.88. The molecule has 3 rings (SSSR count). The maximum Gasteiger partial charge on any atom is 0.404 e. The van der Waals surface area contributed by atoms with Crippen molar-refractivity contribution >= 4 is 17.7 Å². The average molecular weight is 420 g/mol. The molecular formula is C20H16ClF2N3O3. The molecule has 0 bridgehead atoms. The van der Waals surface area contributed by atoms with Crippen LogP contribution in [0.5, 0.6) is 5.88 Å². The quantitative estimate of drug-likeness (QED) is 0.577. The SMILES string of the molecule is O=C(O)NCc1cncc(Cc2cnc(OC(F)F)c(-c3cccc(Cl)c3)c2)c1. The number of amides is 1. The highest BCUT2D eigenvalue weighted by atomic mass is 35.5. The van der Waals surface area contributed by atoms with Gasteiger partial charge in [-0.05, 0) is 40.5 Å². The molecule has 0 unspecified atom stereocenters. The zero-order valence-corrected chi connectivity index (χ0v) is 15.7. The van der Waals surface area contributed by atoms with Crippen LogP contribution in [0, 0.1) is 0 Å². The van der Waals surface area contributed by atoms with Crippen LogP contribution < -0.4 is 10.1 Å². The number of pyridine rings is 2. The van der Waals surface area contributed by atoms with Crippen molar-refractivity contribution < 1.29 is 23.4 Å². The summed E-state index contributed by atoms with van der Waals surface area (Å²) in [5.74, 6) is -0.191. The summed E-state index contributed by atoms with van der Waals surface area (Å²) in [6, 6.07) is 10.3. The normalized spacial score (nSPS) is 10.8. The summed E-state index contributed by atoms with van der Waals surface area (Å²) in [6.07, 6.45) is 3.96. The van der Waals surface area contributed by atoms with Crippen molar-refractivity contribution in [1.82, 2.24) is 15.3 Å². The molecule has 0 aliphatic rings. The zero-order valence-electron chi connectivity index (χ0n) is 15.0. The first kappa shape index (κ1) is 20.5. The topological polar surface area (TPSA) is 84.3 Å². The van der Waals surface area contributed by atoms with E-state index in [-0.39, 0.29) is 12.4 Å². The Morgan fingerprint density at radius 3 is 2.62 bits per heavy atom. The molecule has 0 spiro atoms. The van der Waals surface area contributed by atoms with Crippen molar-refractivity contribution in [2.75, 3.05) is 0 Å². The van der Waals surface area contributed by atoms with Crippen LogP contribution >= 0.6 is 11.6 Å². The van der Waals surface area contributed by atoms with Crippen LogP contribution in [0.2, 0.25) is 5.02 Å². The van der Waals surface area contributed by atoms with E-state index in [9.17, 15) is 13.6 Å². The summed E-state index contributed by atoms with van der Waals surface area (Å²) in [6.45, 7) is -2.88. The highest BCUT2D eigenvalue weighted by Gasteiger charge is 2.15. The molecule has 1 aromatic carbocycles. The first-order valence-electron chi connectivity index (χ1n) is 8.50. The van der Waals surface area contributed by atoms with Crippen LogP contribution in [-0.2, 0) is 13.0 Å². The third-order valence-corrected chi connectivity index (χ3v) is 4.18. The second kappa shape index (κ2) is 9.29. The van der Waals surface area contributed by atoms with Crippen molar-refractivity contribution in [1.29, 1.82) is 0 Å². The number of ether oxygens (including phenoxy) is 1. The van der Waals surface area contributed by atoms with Crippen molar-refractivity contribution in [2.24, 2.45) is 0 Å². The molecule has 0 radical (unpaired) electrons. The molecule has 29 heavy (non-hydrogen) atoms. The van der Waals surface area contributed by atoms with Gasteiger partial charge >= 0.3 is 12.7 Å². The Bertz CT molecular complexity index is 1020. The molecule has 1 amide bonds. The van der Waals surface area contributed by atoms with Gasteiger partial charge in [0.25, 0.3) is 0 Å². The fraction of sp³-hybridized carbons (Fsp3) is 0.150. The van der Waals surface area contributed by atoms with Crippen LogP contribution in [-0.4, -0.2) is 27.8 Å². The average Bonchev–Trinajstić information content (AvgIpc) is 2.67. The van der Waals surface area contributed by atoms with Gasteiger partial charge in [-0.25, -0.2) is 9.78 Å². The van der Waals surface area contributed by atoms with Crippen molar-refractivity contribution in [3.8, 4) is 17.0 Å². The lowest BCUT2D eigenvalue weighted by Gasteiger charge is -2.12. The molecule has 0 aliphatic heterocycles. The molecule has 0 saturated heterocycles. The third-order valence-electron chi connectivity index (χ3n) is 3.95. The number of rotatable bonds is 7. The Morgan fingerprint density at radius 2 is 1.90 bits per heavy atom. The summed E-state index contributed by atoms with van der Waals surface area (Å²) in [5.41, 5.74) is 3.25. The Morgan fingerprint density at radius 1 is 1.14 bits per heavy atom. The molecule has 0 fully saturated rings. The molecule has 0 atom stereocenters. The summed E-state index contributed by atoms with van der Waals surface area (Å²) < 4.78 is 30.1. The van der Waals surface area contributed by atoms with Gasteiger partial charge in [0.05, 0.1) is 0 Å². The van der Waals surface area contributed by atoms with E-state index in [4.69, 9.17) is 16.7 Å². The van der Waals surface area contributed by atoms with E-state index >= 15 is 0 Å². The van der Waals surface area contributed by atoms with Crippen LogP contribution in [0.15, 0.2) is 55.0 Å². The van der Waals surface area contributed by atoms with Gasteiger partial charge in [0.2, 0.25) is 5.88 Å². The minimum absolute atomic E-state index is 0.128. The number of nitrogens with one attached hydrogen (secondary N) is 1. The van der Waals surface area contributed by atoms with Gasteiger partial charge in [-0.15, -0.1) is 0 Å². The number of benzene rings is 1. The lowest BCUT2D eigenvalue weighted by molar-refractivity contribution is -0.0524. The number of halogens is 3. The zero-order chi connectivity index (χ0) is 20.8.